The molecule has 1 heterocycles. The average molecular weight is 499 g/mol. The van der Waals surface area contributed by atoms with E-state index in [2.05, 4.69) is 24.0 Å². The third kappa shape index (κ3) is 4.13. The van der Waals surface area contributed by atoms with Gasteiger partial charge in [-0.25, -0.2) is 0 Å². The van der Waals surface area contributed by atoms with Crippen molar-refractivity contribution in [3.05, 3.63) is 11.9 Å². The van der Waals surface area contributed by atoms with Gasteiger partial charge in [0.05, 0.1) is 11.8 Å². The zero-order chi connectivity index (χ0) is 26.0. The van der Waals surface area contributed by atoms with Gasteiger partial charge in [0.25, 0.3) is 5.91 Å². The molecule has 200 valence electrons. The van der Waals surface area contributed by atoms with Gasteiger partial charge in [0.1, 0.15) is 6.54 Å². The monoisotopic (exact) mass is 498 g/mol. The van der Waals surface area contributed by atoms with Gasteiger partial charge in [0.2, 0.25) is 0 Å². The van der Waals surface area contributed by atoms with Gasteiger partial charge >= 0.3 is 0 Å². The molecule has 36 heavy (non-hydrogen) atoms. The fourth-order valence-electron chi connectivity index (χ4n) is 9.10. The second kappa shape index (κ2) is 8.92. The lowest BCUT2D eigenvalue weighted by molar-refractivity contribution is -0.151. The smallest absolute Gasteiger partial charge is 0.276 e. The Labute approximate surface area is 216 Å². The molecule has 1 aromatic rings. The van der Waals surface area contributed by atoms with Crippen LogP contribution in [0.5, 0.6) is 0 Å². The first-order chi connectivity index (χ1) is 16.9. The molecule has 4 aliphatic carbocycles. The number of amides is 1. The summed E-state index contributed by atoms with van der Waals surface area (Å²) in [6.45, 7) is 11.0. The van der Waals surface area contributed by atoms with Crippen LogP contribution in [0.2, 0.25) is 0 Å². The van der Waals surface area contributed by atoms with E-state index in [1.165, 1.54) is 30.3 Å². The van der Waals surface area contributed by atoms with Gasteiger partial charge < -0.3 is 10.0 Å². The van der Waals surface area contributed by atoms with Crippen molar-refractivity contribution in [2.24, 2.45) is 40.4 Å². The number of carbonyl (C=O) groups excluding carboxylic acids is 2. The maximum Gasteiger partial charge on any atom is 0.276 e. The van der Waals surface area contributed by atoms with Crippen molar-refractivity contribution in [2.45, 2.75) is 111 Å². The van der Waals surface area contributed by atoms with Crippen LogP contribution in [-0.2, 0) is 11.3 Å². The van der Waals surface area contributed by atoms with Crippen molar-refractivity contribution in [1.82, 2.24) is 19.9 Å². The highest BCUT2D eigenvalue weighted by atomic mass is 16.3. The SMILES string of the molecule is CC(C)N(C)C(=O)c1cnn(CC(=O)[C@H]2CC[C@H]3[C@@H]4CC[C@@H]5C[C@](C)(O)CC[C@]5(C)[C@H]4CC[C@]23C)n1. The van der Waals surface area contributed by atoms with Crippen LogP contribution < -0.4 is 0 Å². The molecule has 1 N–H and O–H groups in total. The fraction of sp³-hybridized carbons (Fsp3) is 0.862. The standard InChI is InChI=1S/C29H46N4O3/c1-18(2)32(6)26(35)24-16-30-33(31-24)17-25(34)23-10-9-21-20-8-7-19-15-27(3,36)13-14-28(19,4)22(20)11-12-29(21,23)5/h16,18-23,36H,7-15,17H2,1-6H3/t19-,20+,21+,22+,23-,27-,28+,29+/m1/s1. The van der Waals surface area contributed by atoms with Crippen molar-refractivity contribution >= 4 is 11.7 Å². The quantitative estimate of drug-likeness (QED) is 0.634. The minimum atomic E-state index is -0.500. The Bertz CT molecular complexity index is 1020. The number of Topliss-reactive ketones (excluding diaryl/α,β-unsaturated/α-hetero) is 1. The Balaban J connectivity index is 1.28. The number of hydrogen-bond donors (Lipinski definition) is 1. The predicted octanol–water partition coefficient (Wildman–Crippen LogP) is 4.74. The minimum absolute atomic E-state index is 0.0459. The summed E-state index contributed by atoms with van der Waals surface area (Å²) in [5.41, 5.74) is 0.178. The van der Waals surface area contributed by atoms with Gasteiger partial charge in [-0.1, -0.05) is 13.8 Å². The van der Waals surface area contributed by atoms with Crippen LogP contribution in [0.15, 0.2) is 6.20 Å². The predicted molar refractivity (Wildman–Crippen MR) is 138 cm³/mol. The van der Waals surface area contributed by atoms with E-state index in [1.54, 1.807) is 11.9 Å². The number of ketones is 1. The number of hydrogen-bond acceptors (Lipinski definition) is 5. The van der Waals surface area contributed by atoms with Crippen LogP contribution in [0, 0.1) is 40.4 Å². The van der Waals surface area contributed by atoms with Gasteiger partial charge in [-0.3, -0.25) is 9.59 Å². The first kappa shape index (κ1) is 25.9. The van der Waals surface area contributed by atoms with Gasteiger partial charge in [0, 0.05) is 19.0 Å². The van der Waals surface area contributed by atoms with E-state index in [9.17, 15) is 14.7 Å². The molecule has 0 radical (unpaired) electrons. The maximum atomic E-state index is 13.6. The summed E-state index contributed by atoms with van der Waals surface area (Å²) in [5, 5.41) is 19.4. The van der Waals surface area contributed by atoms with Crippen molar-refractivity contribution in [3.63, 3.8) is 0 Å². The Kier molecular flexibility index (Phi) is 6.41. The van der Waals surface area contributed by atoms with E-state index in [-0.39, 0.29) is 35.6 Å². The van der Waals surface area contributed by atoms with Crippen molar-refractivity contribution in [3.8, 4) is 0 Å². The molecule has 0 spiro atoms. The molecule has 0 aliphatic heterocycles. The minimum Gasteiger partial charge on any atom is -0.390 e. The zero-order valence-electron chi connectivity index (χ0n) is 23.2. The Morgan fingerprint density at radius 1 is 1.06 bits per heavy atom. The van der Waals surface area contributed by atoms with Crippen LogP contribution in [0.3, 0.4) is 0 Å². The lowest BCUT2D eigenvalue weighted by Gasteiger charge is -2.61. The summed E-state index contributed by atoms with van der Waals surface area (Å²) in [7, 11) is 1.76. The molecule has 0 saturated heterocycles. The largest absolute Gasteiger partial charge is 0.390 e. The number of rotatable bonds is 5. The zero-order valence-corrected chi connectivity index (χ0v) is 23.2. The molecular formula is C29H46N4O3. The van der Waals surface area contributed by atoms with E-state index in [0.29, 0.717) is 28.9 Å². The molecule has 0 aromatic carbocycles. The lowest BCUT2D eigenvalue weighted by atomic mass is 9.44. The first-order valence-electron chi connectivity index (χ1n) is 14.3. The second-order valence-electron chi connectivity index (χ2n) is 13.8. The van der Waals surface area contributed by atoms with Crippen LogP contribution >= 0.6 is 0 Å². The third-order valence-electron chi connectivity index (χ3n) is 11.5. The third-order valence-corrected chi connectivity index (χ3v) is 11.5. The highest BCUT2D eigenvalue weighted by Gasteiger charge is 2.61. The van der Waals surface area contributed by atoms with Gasteiger partial charge in [-0.15, -0.1) is 5.10 Å². The first-order valence-corrected chi connectivity index (χ1v) is 14.3. The van der Waals surface area contributed by atoms with Gasteiger partial charge in [-0.2, -0.15) is 9.90 Å². The number of nitrogens with zero attached hydrogens (tertiary/aromatic N) is 4. The molecule has 0 unspecified atom stereocenters. The molecule has 7 heteroatoms. The summed E-state index contributed by atoms with van der Waals surface area (Å²) >= 11 is 0. The van der Waals surface area contributed by atoms with Gasteiger partial charge in [0.15, 0.2) is 11.5 Å². The highest BCUT2D eigenvalue weighted by molar-refractivity contribution is 5.92. The van der Waals surface area contributed by atoms with E-state index in [4.69, 9.17) is 0 Å². The highest BCUT2D eigenvalue weighted by Crippen LogP contribution is 2.68. The van der Waals surface area contributed by atoms with Crippen molar-refractivity contribution in [2.75, 3.05) is 7.05 Å². The lowest BCUT2D eigenvalue weighted by Crippen LogP contribution is -2.55. The summed E-state index contributed by atoms with van der Waals surface area (Å²) in [5.74, 6) is 2.76. The van der Waals surface area contributed by atoms with Gasteiger partial charge in [-0.05, 0) is 113 Å². The molecule has 5 rings (SSSR count). The molecule has 8 atom stereocenters. The van der Waals surface area contributed by atoms with Crippen LogP contribution in [-0.4, -0.2) is 55.4 Å². The summed E-state index contributed by atoms with van der Waals surface area (Å²) in [6.07, 6.45) is 11.4. The molecule has 1 amide bonds. The van der Waals surface area contributed by atoms with Crippen molar-refractivity contribution < 1.29 is 14.7 Å². The topological polar surface area (TPSA) is 88.3 Å². The molecule has 1 aromatic heterocycles. The Morgan fingerprint density at radius 3 is 2.50 bits per heavy atom. The molecule has 4 fully saturated rings. The van der Waals surface area contributed by atoms with Crippen LogP contribution in [0.1, 0.15) is 103 Å². The van der Waals surface area contributed by atoms with Crippen LogP contribution in [0.25, 0.3) is 0 Å². The Morgan fingerprint density at radius 2 is 1.78 bits per heavy atom. The van der Waals surface area contributed by atoms with E-state index < -0.39 is 5.60 Å². The molecule has 4 aliphatic rings. The maximum absolute atomic E-state index is 13.6. The second-order valence-corrected chi connectivity index (χ2v) is 13.8. The summed E-state index contributed by atoms with van der Waals surface area (Å²) < 4.78 is 0. The van der Waals surface area contributed by atoms with E-state index in [0.717, 1.165) is 44.4 Å². The molecule has 0 bridgehead atoms. The number of aliphatic hydroxyl groups is 1. The summed E-state index contributed by atoms with van der Waals surface area (Å²) in [6, 6.07) is 0.0777. The number of aromatic nitrogens is 3. The molecule has 7 nitrogen and oxygen atoms in total. The normalized spacial score (nSPS) is 41.9. The summed E-state index contributed by atoms with van der Waals surface area (Å²) in [4.78, 5) is 29.2. The Hall–Kier alpha value is -1.76. The number of fused-ring (bicyclic) bond motifs is 5. The molecule has 4 saturated carbocycles. The fourth-order valence-corrected chi connectivity index (χ4v) is 9.10. The average Bonchev–Trinajstić information content (AvgIpc) is 3.42. The van der Waals surface area contributed by atoms with Crippen LogP contribution in [0.4, 0.5) is 0 Å². The van der Waals surface area contributed by atoms with E-state index in [1.807, 2.05) is 20.8 Å². The van der Waals surface area contributed by atoms with E-state index >= 15 is 0 Å². The number of carbonyl (C=O) groups is 2. The van der Waals surface area contributed by atoms with Crippen molar-refractivity contribution in [1.29, 1.82) is 0 Å². The molecular weight excluding hydrogens is 452 g/mol.